The van der Waals surface area contributed by atoms with Gasteiger partial charge in [-0.3, -0.25) is 0 Å². The first-order chi connectivity index (χ1) is 12.2. The molecule has 0 heterocycles. The van der Waals surface area contributed by atoms with Gasteiger partial charge in [-0.05, 0) is 54.0 Å². The van der Waals surface area contributed by atoms with Crippen LogP contribution in [0.5, 0.6) is 0 Å². The molecule has 0 saturated heterocycles. The van der Waals surface area contributed by atoms with E-state index in [0.717, 1.165) is 42.4 Å². The van der Waals surface area contributed by atoms with E-state index in [4.69, 9.17) is 5.53 Å². The second-order valence-electron chi connectivity index (χ2n) is 5.60. The van der Waals surface area contributed by atoms with E-state index in [1.165, 1.54) is 7.11 Å². The normalized spacial score (nSPS) is 15.5. The molecule has 0 atom stereocenters. The average Bonchev–Trinajstić information content (AvgIpc) is 2.66. The molecule has 1 aromatic carbocycles. The number of carbonyl (C=O) groups is 1. The number of ether oxygens (including phenoxy) is 1. The molecule has 1 aliphatic carbocycles. The molecule has 0 saturated carbocycles. The standard InChI is InChI=1S/C20H21N3O2/c1-25-20(24)19(22-23-21)15-18-14-8-7-13-17(18)12-6-5-11-16-9-3-2-4-10-16/h2-6,9-12,15H,7-8,13-14H2,1H3/b11-5+,12-6+,19-15-. The number of hydrogen-bond acceptors (Lipinski definition) is 3. The molecule has 5 nitrogen and oxygen atoms in total. The highest BCUT2D eigenvalue weighted by atomic mass is 16.5. The Balaban J connectivity index is 2.22. The van der Waals surface area contributed by atoms with Crippen molar-refractivity contribution in [3.05, 3.63) is 87.5 Å². The second-order valence-corrected chi connectivity index (χ2v) is 5.60. The van der Waals surface area contributed by atoms with Gasteiger partial charge in [0.25, 0.3) is 0 Å². The maximum absolute atomic E-state index is 11.7. The van der Waals surface area contributed by atoms with Gasteiger partial charge >= 0.3 is 5.97 Å². The van der Waals surface area contributed by atoms with Crippen LogP contribution in [-0.2, 0) is 9.53 Å². The zero-order chi connectivity index (χ0) is 17.9. The average molecular weight is 335 g/mol. The fourth-order valence-corrected chi connectivity index (χ4v) is 2.66. The van der Waals surface area contributed by atoms with Crippen molar-refractivity contribution >= 4 is 12.0 Å². The summed E-state index contributed by atoms with van der Waals surface area (Å²) in [5, 5.41) is 3.45. The fourth-order valence-electron chi connectivity index (χ4n) is 2.66. The van der Waals surface area contributed by atoms with Crippen molar-refractivity contribution < 1.29 is 9.53 Å². The number of carbonyl (C=O) groups excluding carboxylic acids is 1. The molecule has 0 amide bonds. The van der Waals surface area contributed by atoms with Gasteiger partial charge in [-0.2, -0.15) is 0 Å². The lowest BCUT2D eigenvalue weighted by atomic mass is 9.90. The highest BCUT2D eigenvalue weighted by Gasteiger charge is 2.13. The van der Waals surface area contributed by atoms with Crippen LogP contribution in [0.3, 0.4) is 0 Å². The third kappa shape index (κ3) is 5.83. The maximum Gasteiger partial charge on any atom is 0.340 e. The monoisotopic (exact) mass is 335 g/mol. The van der Waals surface area contributed by atoms with Gasteiger partial charge in [0, 0.05) is 4.91 Å². The molecule has 0 fully saturated rings. The fraction of sp³-hybridized carbons (Fsp3) is 0.250. The predicted octanol–water partition coefficient (Wildman–Crippen LogP) is 5.49. The summed E-state index contributed by atoms with van der Waals surface area (Å²) in [6.07, 6.45) is 13.7. The molecule has 2 rings (SSSR count). The molecular weight excluding hydrogens is 314 g/mol. The zero-order valence-corrected chi connectivity index (χ0v) is 14.3. The molecular formula is C20H21N3O2. The van der Waals surface area contributed by atoms with E-state index in [1.54, 1.807) is 6.08 Å². The van der Waals surface area contributed by atoms with Gasteiger partial charge in [0.2, 0.25) is 0 Å². The number of esters is 1. The highest BCUT2D eigenvalue weighted by Crippen LogP contribution is 2.28. The molecule has 0 aliphatic heterocycles. The van der Waals surface area contributed by atoms with Crippen LogP contribution < -0.4 is 0 Å². The van der Waals surface area contributed by atoms with Crippen LogP contribution in [0.4, 0.5) is 0 Å². The summed E-state index contributed by atoms with van der Waals surface area (Å²) < 4.78 is 4.67. The molecule has 0 radical (unpaired) electrons. The number of benzene rings is 1. The van der Waals surface area contributed by atoms with Crippen LogP contribution in [0.15, 0.2) is 76.6 Å². The Morgan fingerprint density at radius 3 is 2.48 bits per heavy atom. The van der Waals surface area contributed by atoms with Gasteiger partial charge in [0.05, 0.1) is 7.11 Å². The predicted molar refractivity (Wildman–Crippen MR) is 99.4 cm³/mol. The molecule has 0 spiro atoms. The minimum Gasteiger partial charge on any atom is -0.466 e. The quantitative estimate of drug-likeness (QED) is 0.172. The van der Waals surface area contributed by atoms with Crippen LogP contribution in [0.25, 0.3) is 16.5 Å². The van der Waals surface area contributed by atoms with Gasteiger partial charge in [0.1, 0.15) is 5.70 Å². The third-order valence-corrected chi connectivity index (χ3v) is 3.91. The Bertz CT molecular complexity index is 767. The Hall–Kier alpha value is -3.04. The molecule has 1 aromatic rings. The molecule has 1 aliphatic rings. The van der Waals surface area contributed by atoms with Crippen molar-refractivity contribution in [2.24, 2.45) is 5.11 Å². The molecule has 25 heavy (non-hydrogen) atoms. The molecule has 5 heteroatoms. The summed E-state index contributed by atoms with van der Waals surface area (Å²) in [6, 6.07) is 10.1. The number of azide groups is 1. The lowest BCUT2D eigenvalue weighted by molar-refractivity contribution is -0.136. The van der Waals surface area contributed by atoms with Gasteiger partial charge in [-0.15, -0.1) is 0 Å². The van der Waals surface area contributed by atoms with Gasteiger partial charge in [-0.1, -0.05) is 59.8 Å². The first-order valence-electron chi connectivity index (χ1n) is 8.21. The van der Waals surface area contributed by atoms with E-state index in [9.17, 15) is 4.79 Å². The van der Waals surface area contributed by atoms with Gasteiger partial charge < -0.3 is 4.74 Å². The minimum absolute atomic E-state index is 0.00683. The van der Waals surface area contributed by atoms with Crippen LogP contribution >= 0.6 is 0 Å². The first kappa shape index (κ1) is 18.3. The SMILES string of the molecule is COC(=O)/C(=C/C1=C(/C=C/C=C/c2ccccc2)CCCC1)N=[N+]=[N-]. The summed E-state index contributed by atoms with van der Waals surface area (Å²) in [4.78, 5) is 14.4. The Kier molecular flexibility index (Phi) is 7.29. The Morgan fingerprint density at radius 1 is 1.12 bits per heavy atom. The summed E-state index contributed by atoms with van der Waals surface area (Å²) in [6.45, 7) is 0. The van der Waals surface area contributed by atoms with Crippen molar-refractivity contribution in [3.63, 3.8) is 0 Å². The number of rotatable bonds is 6. The minimum atomic E-state index is -0.622. The summed E-state index contributed by atoms with van der Waals surface area (Å²) in [7, 11) is 1.27. The molecule has 0 bridgehead atoms. The lowest BCUT2D eigenvalue weighted by Crippen LogP contribution is -2.04. The highest BCUT2D eigenvalue weighted by molar-refractivity contribution is 5.88. The van der Waals surface area contributed by atoms with E-state index < -0.39 is 5.97 Å². The van der Waals surface area contributed by atoms with E-state index in [1.807, 2.05) is 48.6 Å². The van der Waals surface area contributed by atoms with Gasteiger partial charge in [-0.25, -0.2) is 4.79 Å². The number of nitrogens with zero attached hydrogens (tertiary/aromatic N) is 3. The summed E-state index contributed by atoms with van der Waals surface area (Å²) >= 11 is 0. The third-order valence-electron chi connectivity index (χ3n) is 3.91. The first-order valence-corrected chi connectivity index (χ1v) is 8.21. The van der Waals surface area contributed by atoms with Crippen molar-refractivity contribution in [2.75, 3.05) is 7.11 Å². The number of methoxy groups -OCH3 is 1. The Labute approximate surface area is 147 Å². The van der Waals surface area contributed by atoms with Crippen molar-refractivity contribution in [3.8, 4) is 0 Å². The number of hydrogen-bond donors (Lipinski definition) is 0. The summed E-state index contributed by atoms with van der Waals surface area (Å²) in [5.41, 5.74) is 11.9. The molecule has 0 aromatic heterocycles. The maximum atomic E-state index is 11.7. The van der Waals surface area contributed by atoms with E-state index in [2.05, 4.69) is 20.8 Å². The smallest absolute Gasteiger partial charge is 0.340 e. The Morgan fingerprint density at radius 2 is 1.80 bits per heavy atom. The molecule has 0 unspecified atom stereocenters. The molecule has 128 valence electrons. The lowest BCUT2D eigenvalue weighted by Gasteiger charge is -2.16. The van der Waals surface area contributed by atoms with Crippen molar-refractivity contribution in [1.82, 2.24) is 0 Å². The van der Waals surface area contributed by atoms with E-state index in [-0.39, 0.29) is 5.70 Å². The topological polar surface area (TPSA) is 75.1 Å². The van der Waals surface area contributed by atoms with Crippen molar-refractivity contribution in [1.29, 1.82) is 0 Å². The van der Waals surface area contributed by atoms with E-state index in [0.29, 0.717) is 0 Å². The largest absolute Gasteiger partial charge is 0.466 e. The van der Waals surface area contributed by atoms with E-state index >= 15 is 0 Å². The van der Waals surface area contributed by atoms with Gasteiger partial charge in [0.15, 0.2) is 0 Å². The van der Waals surface area contributed by atoms with Crippen molar-refractivity contribution in [2.45, 2.75) is 25.7 Å². The second kappa shape index (κ2) is 9.96. The molecule has 0 N–H and O–H groups in total. The van der Waals surface area contributed by atoms with Crippen LogP contribution in [0.1, 0.15) is 31.2 Å². The number of allylic oxidation sites excluding steroid dienone is 6. The van der Waals surface area contributed by atoms with Crippen LogP contribution in [0, 0.1) is 0 Å². The zero-order valence-electron chi connectivity index (χ0n) is 14.3. The van der Waals surface area contributed by atoms with Crippen LogP contribution in [-0.4, -0.2) is 13.1 Å². The summed E-state index contributed by atoms with van der Waals surface area (Å²) in [5.74, 6) is -0.622. The van der Waals surface area contributed by atoms with Crippen LogP contribution in [0.2, 0.25) is 0 Å².